The molecule has 1 saturated heterocycles. The highest BCUT2D eigenvalue weighted by molar-refractivity contribution is 5.95. The fourth-order valence-corrected chi connectivity index (χ4v) is 2.37. The van der Waals surface area contributed by atoms with E-state index in [4.69, 9.17) is 5.73 Å². The molecule has 0 spiro atoms. The summed E-state index contributed by atoms with van der Waals surface area (Å²) in [5.41, 5.74) is 8.29. The number of nitrogens with zero attached hydrogens (tertiary/aromatic N) is 1. The maximum absolute atomic E-state index is 11.4. The van der Waals surface area contributed by atoms with Crippen molar-refractivity contribution in [1.29, 1.82) is 0 Å². The van der Waals surface area contributed by atoms with E-state index in [1.54, 1.807) is 0 Å². The third kappa shape index (κ3) is 2.64. The average molecular weight is 247 g/mol. The topological polar surface area (TPSA) is 58.4 Å². The standard InChI is InChI=1S/C14H21N3O/c1-10(2)13-9-11(3-4-12(13)14(15)18)17-7-5-16-6-8-17/h3-4,9-10,16H,5-8H2,1-2H3,(H2,15,18). The van der Waals surface area contributed by atoms with E-state index in [9.17, 15) is 4.79 Å². The molecule has 0 aliphatic carbocycles. The van der Waals surface area contributed by atoms with Gasteiger partial charge in [-0.25, -0.2) is 0 Å². The summed E-state index contributed by atoms with van der Waals surface area (Å²) in [5.74, 6) is -0.0408. The van der Waals surface area contributed by atoms with Gasteiger partial charge < -0.3 is 16.0 Å². The van der Waals surface area contributed by atoms with E-state index in [1.165, 1.54) is 5.69 Å². The van der Waals surface area contributed by atoms with E-state index in [-0.39, 0.29) is 5.91 Å². The van der Waals surface area contributed by atoms with Gasteiger partial charge >= 0.3 is 0 Å². The number of nitrogens with two attached hydrogens (primary N) is 1. The first-order valence-electron chi connectivity index (χ1n) is 6.49. The van der Waals surface area contributed by atoms with Crippen LogP contribution in [-0.2, 0) is 0 Å². The Kier molecular flexibility index (Phi) is 3.87. The number of hydrogen-bond donors (Lipinski definition) is 2. The van der Waals surface area contributed by atoms with E-state index in [1.807, 2.05) is 12.1 Å². The van der Waals surface area contributed by atoms with Crippen LogP contribution in [0, 0.1) is 0 Å². The fourth-order valence-electron chi connectivity index (χ4n) is 2.37. The van der Waals surface area contributed by atoms with Gasteiger partial charge in [-0.3, -0.25) is 4.79 Å². The third-order valence-electron chi connectivity index (χ3n) is 3.40. The monoisotopic (exact) mass is 247 g/mol. The first kappa shape index (κ1) is 12.9. The predicted octanol–water partition coefficient (Wildman–Crippen LogP) is 1.32. The van der Waals surface area contributed by atoms with Crippen molar-refractivity contribution >= 4 is 11.6 Å². The Morgan fingerprint density at radius 2 is 2.00 bits per heavy atom. The Bertz CT molecular complexity index is 437. The maximum atomic E-state index is 11.4. The van der Waals surface area contributed by atoms with Crippen LogP contribution in [0.15, 0.2) is 18.2 Å². The molecule has 1 amide bonds. The lowest BCUT2D eigenvalue weighted by Crippen LogP contribution is -2.43. The zero-order valence-corrected chi connectivity index (χ0v) is 11.1. The molecule has 1 heterocycles. The van der Waals surface area contributed by atoms with Gasteiger partial charge in [0, 0.05) is 37.4 Å². The molecule has 0 unspecified atom stereocenters. The summed E-state index contributed by atoms with van der Waals surface area (Å²) in [6.45, 7) is 8.21. The van der Waals surface area contributed by atoms with Crippen LogP contribution in [0.5, 0.6) is 0 Å². The number of nitrogens with one attached hydrogen (secondary N) is 1. The molecule has 0 saturated carbocycles. The summed E-state index contributed by atoms with van der Waals surface area (Å²) < 4.78 is 0. The van der Waals surface area contributed by atoms with Crippen molar-refractivity contribution in [2.24, 2.45) is 5.73 Å². The first-order chi connectivity index (χ1) is 8.59. The Hall–Kier alpha value is -1.55. The number of carbonyl (C=O) groups is 1. The third-order valence-corrected chi connectivity index (χ3v) is 3.40. The SMILES string of the molecule is CC(C)c1cc(N2CCNCC2)ccc1C(N)=O. The first-order valence-corrected chi connectivity index (χ1v) is 6.49. The molecule has 18 heavy (non-hydrogen) atoms. The second-order valence-corrected chi connectivity index (χ2v) is 5.03. The van der Waals surface area contributed by atoms with E-state index < -0.39 is 0 Å². The van der Waals surface area contributed by atoms with Crippen LogP contribution < -0.4 is 16.0 Å². The largest absolute Gasteiger partial charge is 0.369 e. The quantitative estimate of drug-likeness (QED) is 0.847. The van der Waals surface area contributed by atoms with Gasteiger partial charge in [-0.2, -0.15) is 0 Å². The molecule has 2 rings (SSSR count). The van der Waals surface area contributed by atoms with Crippen LogP contribution in [-0.4, -0.2) is 32.1 Å². The van der Waals surface area contributed by atoms with Gasteiger partial charge in [0.15, 0.2) is 0 Å². The molecule has 0 atom stereocenters. The van der Waals surface area contributed by atoms with Crippen LogP contribution in [0.4, 0.5) is 5.69 Å². The number of rotatable bonds is 3. The van der Waals surface area contributed by atoms with Crippen molar-refractivity contribution in [3.63, 3.8) is 0 Å². The van der Waals surface area contributed by atoms with Gasteiger partial charge in [-0.05, 0) is 29.7 Å². The van der Waals surface area contributed by atoms with Gasteiger partial charge in [-0.1, -0.05) is 13.8 Å². The van der Waals surface area contributed by atoms with E-state index in [2.05, 4.69) is 30.1 Å². The number of piperazine rings is 1. The lowest BCUT2D eigenvalue weighted by molar-refractivity contribution is 0.0999. The summed E-state index contributed by atoms with van der Waals surface area (Å²) in [4.78, 5) is 13.8. The normalized spacial score (nSPS) is 16.1. The Morgan fingerprint density at radius 3 is 2.56 bits per heavy atom. The molecule has 1 aliphatic rings. The zero-order chi connectivity index (χ0) is 13.1. The Balaban J connectivity index is 2.33. The van der Waals surface area contributed by atoms with Crippen LogP contribution in [0.3, 0.4) is 0 Å². The number of amides is 1. The number of hydrogen-bond acceptors (Lipinski definition) is 3. The minimum absolute atomic E-state index is 0.301. The molecule has 3 N–H and O–H groups in total. The molecule has 1 fully saturated rings. The number of primary amides is 1. The molecule has 1 aromatic carbocycles. The van der Waals surface area contributed by atoms with Crippen molar-refractivity contribution in [2.75, 3.05) is 31.1 Å². The Morgan fingerprint density at radius 1 is 1.33 bits per heavy atom. The van der Waals surface area contributed by atoms with E-state index in [0.717, 1.165) is 31.7 Å². The molecule has 0 radical (unpaired) electrons. The lowest BCUT2D eigenvalue weighted by atomic mass is 9.96. The van der Waals surface area contributed by atoms with Gasteiger partial charge in [0.1, 0.15) is 0 Å². The number of benzene rings is 1. The molecule has 4 nitrogen and oxygen atoms in total. The summed E-state index contributed by atoms with van der Waals surface area (Å²) in [6.07, 6.45) is 0. The fraction of sp³-hybridized carbons (Fsp3) is 0.500. The highest BCUT2D eigenvalue weighted by atomic mass is 16.1. The summed E-state index contributed by atoms with van der Waals surface area (Å²) >= 11 is 0. The van der Waals surface area contributed by atoms with E-state index >= 15 is 0 Å². The van der Waals surface area contributed by atoms with Crippen molar-refractivity contribution in [3.05, 3.63) is 29.3 Å². The molecule has 98 valence electrons. The minimum atomic E-state index is -0.342. The molecule has 4 heteroatoms. The van der Waals surface area contributed by atoms with Gasteiger partial charge in [-0.15, -0.1) is 0 Å². The molecule has 0 aromatic heterocycles. The summed E-state index contributed by atoms with van der Waals surface area (Å²) in [5, 5.41) is 3.34. The molecule has 1 aromatic rings. The number of carbonyl (C=O) groups excluding carboxylic acids is 1. The molecular weight excluding hydrogens is 226 g/mol. The average Bonchev–Trinajstić information content (AvgIpc) is 2.39. The van der Waals surface area contributed by atoms with Gasteiger partial charge in [0.05, 0.1) is 0 Å². The Labute approximate surface area is 108 Å². The van der Waals surface area contributed by atoms with Crippen LogP contribution in [0.2, 0.25) is 0 Å². The van der Waals surface area contributed by atoms with E-state index in [0.29, 0.717) is 11.5 Å². The van der Waals surface area contributed by atoms with Crippen molar-refractivity contribution in [2.45, 2.75) is 19.8 Å². The highest BCUT2D eigenvalue weighted by Crippen LogP contribution is 2.25. The summed E-state index contributed by atoms with van der Waals surface area (Å²) in [6, 6.07) is 5.96. The molecule has 0 bridgehead atoms. The maximum Gasteiger partial charge on any atom is 0.248 e. The second kappa shape index (κ2) is 5.40. The smallest absolute Gasteiger partial charge is 0.248 e. The minimum Gasteiger partial charge on any atom is -0.369 e. The predicted molar refractivity (Wildman–Crippen MR) is 74.1 cm³/mol. The highest BCUT2D eigenvalue weighted by Gasteiger charge is 2.15. The number of anilines is 1. The van der Waals surface area contributed by atoms with Crippen LogP contribution >= 0.6 is 0 Å². The van der Waals surface area contributed by atoms with Crippen LogP contribution in [0.25, 0.3) is 0 Å². The second-order valence-electron chi connectivity index (χ2n) is 5.03. The summed E-state index contributed by atoms with van der Waals surface area (Å²) in [7, 11) is 0. The molecule has 1 aliphatic heterocycles. The molecular formula is C14H21N3O. The van der Waals surface area contributed by atoms with Gasteiger partial charge in [0.2, 0.25) is 5.91 Å². The lowest BCUT2D eigenvalue weighted by Gasteiger charge is -2.30. The van der Waals surface area contributed by atoms with Crippen LogP contribution in [0.1, 0.15) is 35.7 Å². The zero-order valence-electron chi connectivity index (χ0n) is 11.1. The van der Waals surface area contributed by atoms with Crippen molar-refractivity contribution in [1.82, 2.24) is 5.32 Å². The van der Waals surface area contributed by atoms with Gasteiger partial charge in [0.25, 0.3) is 0 Å². The van der Waals surface area contributed by atoms with Crippen molar-refractivity contribution in [3.8, 4) is 0 Å². The van der Waals surface area contributed by atoms with Crippen molar-refractivity contribution < 1.29 is 4.79 Å².